The molecule has 0 bridgehead atoms. The van der Waals surface area contributed by atoms with Crippen LogP contribution in [-0.2, 0) is 11.2 Å². The molecule has 6 nitrogen and oxygen atoms in total. The van der Waals surface area contributed by atoms with Gasteiger partial charge >= 0.3 is 0 Å². The first kappa shape index (κ1) is 20.7. The van der Waals surface area contributed by atoms with E-state index in [0.717, 1.165) is 5.56 Å². The summed E-state index contributed by atoms with van der Waals surface area (Å²) in [4.78, 5) is 12.0. The molecule has 8 heteroatoms. The molecule has 1 aromatic carbocycles. The van der Waals surface area contributed by atoms with Crippen molar-refractivity contribution in [3.8, 4) is 0 Å². The number of hydrogen-bond donors (Lipinski definition) is 4. The van der Waals surface area contributed by atoms with Crippen molar-refractivity contribution >= 4 is 5.91 Å². The van der Waals surface area contributed by atoms with Crippen molar-refractivity contribution < 1.29 is 29.0 Å². The summed E-state index contributed by atoms with van der Waals surface area (Å²) < 4.78 is 26.8. The highest BCUT2D eigenvalue weighted by Gasteiger charge is 2.49. The lowest BCUT2D eigenvalue weighted by Crippen LogP contribution is -2.51. The van der Waals surface area contributed by atoms with E-state index in [2.05, 4.69) is 0 Å². The van der Waals surface area contributed by atoms with Crippen LogP contribution >= 0.6 is 0 Å². The lowest BCUT2D eigenvalue weighted by Gasteiger charge is -2.42. The van der Waals surface area contributed by atoms with Gasteiger partial charge in [-0.3, -0.25) is 10.0 Å². The van der Waals surface area contributed by atoms with Crippen LogP contribution in [0.5, 0.6) is 0 Å². The van der Waals surface area contributed by atoms with Gasteiger partial charge in [0.2, 0.25) is 11.8 Å². The largest absolute Gasteiger partial charge is 0.672 e. The van der Waals surface area contributed by atoms with Gasteiger partial charge in [-0.1, -0.05) is 30.3 Å². The zero-order valence-corrected chi connectivity index (χ0v) is 14.4. The Morgan fingerprint density at radius 1 is 1.19 bits per heavy atom. The van der Waals surface area contributed by atoms with Crippen molar-refractivity contribution in [2.75, 3.05) is 0 Å². The average molecular weight is 371 g/mol. The third kappa shape index (κ3) is 5.20. The van der Waals surface area contributed by atoms with Crippen LogP contribution in [-0.4, -0.2) is 45.0 Å². The number of nitrogens with one attached hydrogen (secondary N) is 2. The first-order valence-electron chi connectivity index (χ1n) is 8.64. The maximum atomic E-state index is 13.4. The second-order valence-corrected chi connectivity index (χ2v) is 7.09. The number of carbonyl (C=O) groups excluding carboxylic acids is 1. The highest BCUT2D eigenvalue weighted by Crippen LogP contribution is 2.43. The van der Waals surface area contributed by atoms with Crippen LogP contribution in [0, 0.1) is 5.92 Å². The van der Waals surface area contributed by atoms with Crippen LogP contribution < -0.4 is 5.48 Å². The number of amides is 1. The smallest absolute Gasteiger partial charge is 0.249 e. The normalized spacial score (nSPS) is 22.2. The predicted octanol–water partition coefficient (Wildman–Crippen LogP) is 2.46. The van der Waals surface area contributed by atoms with Gasteiger partial charge in [0.05, 0.1) is 11.5 Å². The zero-order valence-electron chi connectivity index (χ0n) is 14.4. The second kappa shape index (κ2) is 8.39. The molecule has 0 aromatic heterocycles. The molecular formula is C18H25F2N2O4-. The van der Waals surface area contributed by atoms with E-state index < -0.39 is 48.3 Å². The molecule has 0 aliphatic heterocycles. The number of rotatable bonds is 7. The molecule has 0 heterocycles. The first-order valence-corrected chi connectivity index (χ1v) is 8.64. The Hall–Kier alpha value is -1.61. The summed E-state index contributed by atoms with van der Waals surface area (Å²) in [6, 6.07) is 8.10. The number of aliphatic hydroxyl groups is 2. The van der Waals surface area contributed by atoms with Gasteiger partial charge in [-0.2, -0.15) is 0 Å². The minimum absolute atomic E-state index is 0.242. The maximum absolute atomic E-state index is 13.4. The molecular weight excluding hydrogens is 346 g/mol. The Morgan fingerprint density at radius 3 is 2.31 bits per heavy atom. The minimum Gasteiger partial charge on any atom is -0.672 e. The van der Waals surface area contributed by atoms with E-state index in [9.17, 15) is 23.8 Å². The number of benzene rings is 1. The first-order chi connectivity index (χ1) is 12.2. The number of halogens is 2. The molecule has 0 spiro atoms. The topological polar surface area (TPSA) is 114 Å². The van der Waals surface area contributed by atoms with Crippen LogP contribution in [0.15, 0.2) is 30.3 Å². The molecule has 0 saturated heterocycles. The van der Waals surface area contributed by atoms with E-state index in [-0.39, 0.29) is 25.7 Å². The molecule has 3 atom stereocenters. The van der Waals surface area contributed by atoms with Gasteiger partial charge in [0.1, 0.15) is 0 Å². The number of hydroxylamine groups is 1. The molecule has 1 saturated carbocycles. The molecule has 26 heavy (non-hydrogen) atoms. The van der Waals surface area contributed by atoms with Gasteiger partial charge in [0, 0.05) is 18.9 Å². The molecule has 2 rings (SSSR count). The van der Waals surface area contributed by atoms with Gasteiger partial charge in [-0.05, 0) is 31.2 Å². The molecule has 1 amide bonds. The van der Waals surface area contributed by atoms with Gasteiger partial charge in [0.25, 0.3) is 0 Å². The van der Waals surface area contributed by atoms with Crippen LogP contribution in [0.25, 0.3) is 5.73 Å². The molecule has 146 valence electrons. The molecule has 1 aliphatic carbocycles. The van der Waals surface area contributed by atoms with Gasteiger partial charge in [0.15, 0.2) is 0 Å². The van der Waals surface area contributed by atoms with Crippen LogP contribution in [0.1, 0.15) is 37.7 Å². The fourth-order valence-electron chi connectivity index (χ4n) is 3.46. The number of carbonyl (C=O) groups is 1. The minimum atomic E-state index is -2.89. The van der Waals surface area contributed by atoms with Crippen molar-refractivity contribution in [3.05, 3.63) is 41.6 Å². The number of aliphatic hydroxyl groups excluding tert-OH is 1. The average Bonchev–Trinajstić information content (AvgIpc) is 2.62. The quantitative estimate of drug-likeness (QED) is 0.435. The van der Waals surface area contributed by atoms with Gasteiger partial charge in [-0.25, -0.2) is 14.3 Å². The van der Waals surface area contributed by atoms with Crippen LogP contribution in [0.3, 0.4) is 0 Å². The molecule has 5 N–H and O–H groups in total. The van der Waals surface area contributed by atoms with Crippen molar-refractivity contribution in [1.82, 2.24) is 5.48 Å². The monoisotopic (exact) mass is 371 g/mol. The molecule has 1 aliphatic rings. The fraction of sp³-hybridized carbons (Fsp3) is 0.611. The summed E-state index contributed by atoms with van der Waals surface area (Å²) in [5.41, 5.74) is 8.64. The predicted molar refractivity (Wildman–Crippen MR) is 90.7 cm³/mol. The van der Waals surface area contributed by atoms with Crippen molar-refractivity contribution in [2.45, 2.75) is 62.2 Å². The molecule has 1 aromatic rings. The summed E-state index contributed by atoms with van der Waals surface area (Å²) in [7, 11) is 0. The van der Waals surface area contributed by atoms with Gasteiger partial charge < -0.3 is 15.9 Å². The fourth-order valence-corrected chi connectivity index (χ4v) is 3.46. The van der Waals surface area contributed by atoms with E-state index in [0.29, 0.717) is 0 Å². The maximum Gasteiger partial charge on any atom is 0.249 e. The SMILES string of the molecule is [NH-]C(Cc1ccccc1)C(O)CC(C(=O)NO)C1(O)CCC(F)(F)CC1. The van der Waals surface area contributed by atoms with E-state index >= 15 is 0 Å². The zero-order chi connectivity index (χ0) is 19.4. The van der Waals surface area contributed by atoms with Crippen molar-refractivity contribution in [3.63, 3.8) is 0 Å². The Balaban J connectivity index is 2.06. The highest BCUT2D eigenvalue weighted by atomic mass is 19.3. The van der Waals surface area contributed by atoms with Crippen molar-refractivity contribution in [2.24, 2.45) is 5.92 Å². The standard InChI is InChI=1S/C18H25F2N2O4/c19-18(20)8-6-17(25,7-9-18)13(16(24)22-26)11-15(23)14(21)10-12-4-2-1-3-5-12/h1-5,13-15,21,23,25-26H,6-11H2,(H,22,24)/q-1. The third-order valence-electron chi connectivity index (χ3n) is 5.16. The van der Waals surface area contributed by atoms with Crippen LogP contribution in [0.4, 0.5) is 8.78 Å². The Morgan fingerprint density at radius 2 is 1.77 bits per heavy atom. The lowest BCUT2D eigenvalue weighted by atomic mass is 9.71. The second-order valence-electron chi connectivity index (χ2n) is 7.09. The Labute approximate surface area is 151 Å². The Bertz CT molecular complexity index is 590. The highest BCUT2D eigenvalue weighted by molar-refractivity contribution is 5.78. The lowest BCUT2D eigenvalue weighted by molar-refractivity contribution is -0.160. The molecule has 3 unspecified atom stereocenters. The van der Waals surface area contributed by atoms with E-state index in [1.165, 1.54) is 5.48 Å². The van der Waals surface area contributed by atoms with Gasteiger partial charge in [-0.15, -0.1) is 6.04 Å². The van der Waals surface area contributed by atoms with E-state index in [1.807, 2.05) is 18.2 Å². The summed E-state index contributed by atoms with van der Waals surface area (Å²) in [5, 5.41) is 30.0. The third-order valence-corrected chi connectivity index (χ3v) is 5.16. The van der Waals surface area contributed by atoms with Crippen molar-refractivity contribution in [1.29, 1.82) is 0 Å². The summed E-state index contributed by atoms with van der Waals surface area (Å²) in [5.74, 6) is -5.11. The molecule has 1 fully saturated rings. The van der Waals surface area contributed by atoms with Crippen LogP contribution in [0.2, 0.25) is 0 Å². The Kier molecular flexibility index (Phi) is 6.68. The summed E-state index contributed by atoms with van der Waals surface area (Å²) >= 11 is 0. The number of hydrogen-bond acceptors (Lipinski definition) is 4. The molecule has 0 radical (unpaired) electrons. The number of alkyl halides is 2. The van der Waals surface area contributed by atoms with E-state index in [4.69, 9.17) is 10.9 Å². The summed E-state index contributed by atoms with van der Waals surface area (Å²) in [6.07, 6.45) is -3.07. The van der Waals surface area contributed by atoms with E-state index in [1.54, 1.807) is 12.1 Å². The summed E-state index contributed by atoms with van der Waals surface area (Å²) in [6.45, 7) is 0.